The number of nitrogens with one attached hydrogen (secondary N) is 1. The Morgan fingerprint density at radius 2 is 1.81 bits per heavy atom. The van der Waals surface area contributed by atoms with Crippen LogP contribution in [0, 0.1) is 5.92 Å². The SMILES string of the molecule is CCNC(CC1CC(OCC)C1)c1ccc(OCC)cc1. The molecule has 2 rings (SSSR count). The molecule has 1 aliphatic rings. The minimum atomic E-state index is 0.443. The van der Waals surface area contributed by atoms with E-state index < -0.39 is 0 Å². The molecule has 1 aromatic rings. The molecular weight excluding hydrogens is 262 g/mol. The standard InChI is InChI=1S/C18H29NO2/c1-4-19-18(13-14-11-17(12-14)21-6-3)15-7-9-16(10-8-15)20-5-2/h7-10,14,17-19H,4-6,11-13H2,1-3H3. The van der Waals surface area contributed by atoms with Crippen molar-refractivity contribution < 1.29 is 9.47 Å². The van der Waals surface area contributed by atoms with Gasteiger partial charge in [-0.1, -0.05) is 19.1 Å². The average molecular weight is 291 g/mol. The molecule has 0 aromatic heterocycles. The van der Waals surface area contributed by atoms with Crippen LogP contribution < -0.4 is 10.1 Å². The van der Waals surface area contributed by atoms with E-state index in [1.165, 1.54) is 24.8 Å². The zero-order chi connectivity index (χ0) is 15.1. The van der Waals surface area contributed by atoms with E-state index in [1.54, 1.807) is 0 Å². The lowest BCUT2D eigenvalue weighted by molar-refractivity contribution is -0.0291. The fraction of sp³-hybridized carbons (Fsp3) is 0.667. The van der Waals surface area contributed by atoms with Crippen molar-refractivity contribution in [2.45, 2.75) is 52.2 Å². The van der Waals surface area contributed by atoms with E-state index in [0.717, 1.165) is 31.4 Å². The first-order chi connectivity index (χ1) is 10.3. The van der Waals surface area contributed by atoms with Gasteiger partial charge in [0.25, 0.3) is 0 Å². The van der Waals surface area contributed by atoms with Crippen molar-refractivity contribution in [2.75, 3.05) is 19.8 Å². The van der Waals surface area contributed by atoms with Gasteiger partial charge in [-0.2, -0.15) is 0 Å². The Morgan fingerprint density at radius 3 is 2.38 bits per heavy atom. The first-order valence-corrected chi connectivity index (χ1v) is 8.34. The molecule has 21 heavy (non-hydrogen) atoms. The number of benzene rings is 1. The van der Waals surface area contributed by atoms with Crippen LogP contribution >= 0.6 is 0 Å². The van der Waals surface area contributed by atoms with Gasteiger partial charge in [-0.3, -0.25) is 0 Å². The Kier molecular flexibility index (Phi) is 6.52. The minimum absolute atomic E-state index is 0.443. The second-order valence-corrected chi connectivity index (χ2v) is 5.76. The summed E-state index contributed by atoms with van der Waals surface area (Å²) < 4.78 is 11.2. The molecule has 1 atom stereocenters. The quantitative estimate of drug-likeness (QED) is 0.747. The van der Waals surface area contributed by atoms with Gasteiger partial charge in [0.2, 0.25) is 0 Å². The topological polar surface area (TPSA) is 30.5 Å². The zero-order valence-electron chi connectivity index (χ0n) is 13.6. The van der Waals surface area contributed by atoms with Crippen molar-refractivity contribution in [3.8, 4) is 5.75 Å². The van der Waals surface area contributed by atoms with Crippen LogP contribution in [-0.4, -0.2) is 25.9 Å². The third kappa shape index (κ3) is 4.72. The van der Waals surface area contributed by atoms with Crippen LogP contribution in [0.3, 0.4) is 0 Å². The smallest absolute Gasteiger partial charge is 0.119 e. The lowest BCUT2D eigenvalue weighted by Gasteiger charge is -2.37. The average Bonchev–Trinajstić information content (AvgIpc) is 2.45. The first kappa shape index (κ1) is 16.3. The summed E-state index contributed by atoms with van der Waals surface area (Å²) in [6.45, 7) is 8.82. The van der Waals surface area contributed by atoms with Gasteiger partial charge in [-0.05, 0) is 63.3 Å². The maximum Gasteiger partial charge on any atom is 0.119 e. The molecule has 0 bridgehead atoms. The van der Waals surface area contributed by atoms with Gasteiger partial charge in [0, 0.05) is 12.6 Å². The summed E-state index contributed by atoms with van der Waals surface area (Å²) in [5.74, 6) is 1.74. The van der Waals surface area contributed by atoms with Gasteiger partial charge in [-0.15, -0.1) is 0 Å². The fourth-order valence-electron chi connectivity index (χ4n) is 3.12. The number of hydrogen-bond donors (Lipinski definition) is 1. The highest BCUT2D eigenvalue weighted by Gasteiger charge is 2.31. The van der Waals surface area contributed by atoms with Crippen LogP contribution in [0.15, 0.2) is 24.3 Å². The summed E-state index contributed by atoms with van der Waals surface area (Å²) in [7, 11) is 0. The van der Waals surface area contributed by atoms with Crippen LogP contribution in [0.4, 0.5) is 0 Å². The van der Waals surface area contributed by atoms with Crippen molar-refractivity contribution >= 4 is 0 Å². The van der Waals surface area contributed by atoms with Crippen LogP contribution in [0.25, 0.3) is 0 Å². The number of ether oxygens (including phenoxy) is 2. The molecule has 1 unspecified atom stereocenters. The number of hydrogen-bond acceptors (Lipinski definition) is 3. The van der Waals surface area contributed by atoms with Crippen molar-refractivity contribution in [3.63, 3.8) is 0 Å². The Morgan fingerprint density at radius 1 is 1.10 bits per heavy atom. The largest absolute Gasteiger partial charge is 0.494 e. The summed E-state index contributed by atoms with van der Waals surface area (Å²) in [6.07, 6.45) is 4.13. The van der Waals surface area contributed by atoms with E-state index in [4.69, 9.17) is 9.47 Å². The number of rotatable bonds is 9. The van der Waals surface area contributed by atoms with E-state index in [9.17, 15) is 0 Å². The molecule has 0 spiro atoms. The molecule has 3 nitrogen and oxygen atoms in total. The maximum absolute atomic E-state index is 5.66. The predicted molar refractivity (Wildman–Crippen MR) is 86.8 cm³/mol. The van der Waals surface area contributed by atoms with Crippen LogP contribution in [-0.2, 0) is 4.74 Å². The second-order valence-electron chi connectivity index (χ2n) is 5.76. The van der Waals surface area contributed by atoms with Gasteiger partial charge < -0.3 is 14.8 Å². The highest BCUT2D eigenvalue weighted by Crippen LogP contribution is 2.37. The Balaban J connectivity index is 1.89. The van der Waals surface area contributed by atoms with Gasteiger partial charge in [0.15, 0.2) is 0 Å². The Bertz CT molecular complexity index is 398. The molecule has 3 heteroatoms. The van der Waals surface area contributed by atoms with Crippen molar-refractivity contribution in [3.05, 3.63) is 29.8 Å². The van der Waals surface area contributed by atoms with E-state index in [2.05, 4.69) is 43.4 Å². The van der Waals surface area contributed by atoms with Gasteiger partial charge >= 0.3 is 0 Å². The molecular formula is C18H29NO2. The minimum Gasteiger partial charge on any atom is -0.494 e. The summed E-state index contributed by atoms with van der Waals surface area (Å²) >= 11 is 0. The van der Waals surface area contributed by atoms with E-state index in [1.807, 2.05) is 6.92 Å². The third-order valence-corrected chi connectivity index (χ3v) is 4.21. The van der Waals surface area contributed by atoms with Crippen LogP contribution in [0.1, 0.15) is 51.6 Å². The van der Waals surface area contributed by atoms with E-state index >= 15 is 0 Å². The molecule has 0 saturated heterocycles. The lowest BCUT2D eigenvalue weighted by atomic mass is 9.77. The molecule has 1 aliphatic carbocycles. The normalized spacial score (nSPS) is 22.6. The summed E-state index contributed by atoms with van der Waals surface area (Å²) in [6, 6.07) is 8.98. The third-order valence-electron chi connectivity index (χ3n) is 4.21. The van der Waals surface area contributed by atoms with Crippen molar-refractivity contribution in [1.29, 1.82) is 0 Å². The monoisotopic (exact) mass is 291 g/mol. The molecule has 0 heterocycles. The fourth-order valence-corrected chi connectivity index (χ4v) is 3.12. The van der Waals surface area contributed by atoms with E-state index in [0.29, 0.717) is 12.1 Å². The van der Waals surface area contributed by atoms with Gasteiger partial charge in [0.05, 0.1) is 12.7 Å². The van der Waals surface area contributed by atoms with Gasteiger partial charge in [-0.25, -0.2) is 0 Å². The molecule has 1 aromatic carbocycles. The van der Waals surface area contributed by atoms with Crippen molar-refractivity contribution in [1.82, 2.24) is 5.32 Å². The molecule has 1 fully saturated rings. The highest BCUT2D eigenvalue weighted by molar-refractivity contribution is 5.29. The summed E-state index contributed by atoms with van der Waals surface area (Å²) in [5, 5.41) is 3.61. The molecule has 0 amide bonds. The van der Waals surface area contributed by atoms with Crippen LogP contribution in [0.2, 0.25) is 0 Å². The lowest BCUT2D eigenvalue weighted by Crippen LogP contribution is -2.34. The molecule has 118 valence electrons. The summed E-state index contributed by atoms with van der Waals surface area (Å²) in [4.78, 5) is 0. The molecule has 0 aliphatic heterocycles. The summed E-state index contributed by atoms with van der Waals surface area (Å²) in [5.41, 5.74) is 1.36. The highest BCUT2D eigenvalue weighted by atomic mass is 16.5. The second kappa shape index (κ2) is 8.40. The van der Waals surface area contributed by atoms with Crippen molar-refractivity contribution in [2.24, 2.45) is 5.92 Å². The zero-order valence-corrected chi connectivity index (χ0v) is 13.6. The maximum atomic E-state index is 5.66. The Hall–Kier alpha value is -1.06. The molecule has 1 saturated carbocycles. The molecule has 1 N–H and O–H groups in total. The van der Waals surface area contributed by atoms with E-state index in [-0.39, 0.29) is 0 Å². The van der Waals surface area contributed by atoms with Gasteiger partial charge in [0.1, 0.15) is 5.75 Å². The molecule has 0 radical (unpaired) electrons. The van der Waals surface area contributed by atoms with Crippen LogP contribution in [0.5, 0.6) is 5.75 Å². The Labute approximate surface area is 129 Å². The predicted octanol–water partition coefficient (Wildman–Crippen LogP) is 3.94. The first-order valence-electron chi connectivity index (χ1n) is 8.34.